The monoisotopic (exact) mass is 505 g/mol. The Bertz CT molecular complexity index is 1130. The van der Waals surface area contributed by atoms with Crippen molar-refractivity contribution < 1.29 is 32.2 Å². The van der Waals surface area contributed by atoms with Crippen LogP contribution in [0.3, 0.4) is 0 Å². The van der Waals surface area contributed by atoms with Crippen LogP contribution in [0, 0.1) is 5.41 Å². The SMILES string of the molecule is C[N+]1(NCCSCc2csc(NC(=N)N)n2)C(/C(=C\C(=O)[O-])C(=O)O)=NC(N)=NS1(=O)=O. The van der Waals surface area contributed by atoms with Gasteiger partial charge in [0.2, 0.25) is 5.96 Å². The van der Waals surface area contributed by atoms with Gasteiger partial charge in [-0.2, -0.15) is 16.8 Å². The van der Waals surface area contributed by atoms with E-state index in [0.29, 0.717) is 22.3 Å². The number of carbonyl (C=O) groups is 2. The average molecular weight is 506 g/mol. The summed E-state index contributed by atoms with van der Waals surface area (Å²) >= 11 is 2.64. The smallest absolute Gasteiger partial charge is 0.442 e. The maximum absolute atomic E-state index is 12.6. The molecule has 1 aliphatic heterocycles. The summed E-state index contributed by atoms with van der Waals surface area (Å²) in [5.74, 6) is -4.43. The first-order valence-electron chi connectivity index (χ1n) is 8.46. The number of carboxylic acid groups (broad SMARTS) is 2. The molecule has 0 amide bonds. The first-order chi connectivity index (χ1) is 14.9. The van der Waals surface area contributed by atoms with Gasteiger partial charge in [0.25, 0.3) is 5.84 Å². The summed E-state index contributed by atoms with van der Waals surface area (Å²) in [5, 5.41) is 32.3. The molecule has 2 rings (SSSR count). The van der Waals surface area contributed by atoms with Gasteiger partial charge in [-0.15, -0.1) is 25.2 Å². The van der Waals surface area contributed by atoms with Gasteiger partial charge in [-0.25, -0.2) is 9.78 Å². The Balaban J connectivity index is 2.12. The van der Waals surface area contributed by atoms with Crippen LogP contribution in [-0.4, -0.2) is 71.5 Å². The molecule has 0 fully saturated rings. The standard InChI is InChI=1S/C14H19N9O6S3/c1-23(18-2-3-30-5-7-6-31-14(19-7)21-12(15)16)10(8(11(26)27)4-9(24)25)20-13(17)22-32(23,28)29/h4,6,18H,2-3,5H2,1H3,(H7-,15,16,17,19,21,22,24,25,26,27)/b8-4+. The van der Waals surface area contributed by atoms with Gasteiger partial charge in [0, 0.05) is 16.9 Å². The molecule has 2 heterocycles. The number of nitrogens with two attached hydrogens (primary N) is 2. The molecule has 0 spiro atoms. The van der Waals surface area contributed by atoms with Crippen LogP contribution in [-0.2, 0) is 25.6 Å². The van der Waals surface area contributed by atoms with Crippen molar-refractivity contribution in [2.75, 3.05) is 24.7 Å². The van der Waals surface area contributed by atoms with Crippen molar-refractivity contribution in [1.82, 2.24) is 10.4 Å². The van der Waals surface area contributed by atoms with Gasteiger partial charge in [0.1, 0.15) is 12.6 Å². The number of aromatic nitrogens is 1. The summed E-state index contributed by atoms with van der Waals surface area (Å²) in [6, 6.07) is 0. The minimum Gasteiger partial charge on any atom is -0.545 e. The van der Waals surface area contributed by atoms with Crippen molar-refractivity contribution in [3.63, 3.8) is 0 Å². The second-order valence-electron chi connectivity index (χ2n) is 6.08. The molecule has 0 radical (unpaired) electrons. The Kier molecular flexibility index (Phi) is 7.91. The van der Waals surface area contributed by atoms with E-state index in [1.54, 1.807) is 5.38 Å². The highest BCUT2D eigenvalue weighted by Gasteiger charge is 2.50. The maximum Gasteiger partial charge on any atom is 0.442 e. The van der Waals surface area contributed by atoms with Crippen molar-refractivity contribution in [2.45, 2.75) is 5.75 Å². The molecule has 0 saturated carbocycles. The number of aliphatic imine (C=N–C) groups is 1. The van der Waals surface area contributed by atoms with E-state index < -0.39 is 43.5 Å². The Morgan fingerprint density at radius 3 is 2.75 bits per heavy atom. The van der Waals surface area contributed by atoms with Crippen molar-refractivity contribution >= 4 is 68.1 Å². The Labute approximate surface area is 190 Å². The van der Waals surface area contributed by atoms with Crippen LogP contribution in [0.25, 0.3) is 0 Å². The lowest BCUT2D eigenvalue weighted by molar-refractivity contribution is -0.739. The van der Waals surface area contributed by atoms with Crippen molar-refractivity contribution in [3.05, 3.63) is 22.7 Å². The third kappa shape index (κ3) is 6.01. The van der Waals surface area contributed by atoms with E-state index in [2.05, 4.69) is 25.1 Å². The van der Waals surface area contributed by atoms with Crippen molar-refractivity contribution in [2.24, 2.45) is 20.9 Å². The first kappa shape index (κ1) is 25.2. The fourth-order valence-corrected chi connectivity index (χ4v) is 4.99. The third-order valence-corrected chi connectivity index (χ3v) is 7.17. The van der Waals surface area contributed by atoms with Gasteiger partial charge >= 0.3 is 16.2 Å². The second-order valence-corrected chi connectivity index (χ2v) is 9.85. The normalized spacial score (nSPS) is 20.2. The van der Waals surface area contributed by atoms with E-state index in [9.17, 15) is 28.2 Å². The zero-order valence-corrected chi connectivity index (χ0v) is 18.9. The lowest BCUT2D eigenvalue weighted by atomic mass is 10.2. The van der Waals surface area contributed by atoms with Crippen LogP contribution in [0.1, 0.15) is 5.69 Å². The number of carboxylic acids is 2. The Morgan fingerprint density at radius 2 is 2.16 bits per heavy atom. The molecule has 1 aliphatic rings. The number of anilines is 1. The number of nitrogens with one attached hydrogen (secondary N) is 3. The first-order valence-corrected chi connectivity index (χ1v) is 11.9. The number of thioether (sulfide) groups is 1. The van der Waals surface area contributed by atoms with E-state index in [0.717, 1.165) is 7.05 Å². The summed E-state index contributed by atoms with van der Waals surface area (Å²) in [4.78, 5) is 30.4. The molecule has 174 valence electrons. The number of rotatable bonds is 10. The number of aliphatic carboxylic acids is 2. The molecule has 18 heteroatoms. The van der Waals surface area contributed by atoms with Crippen LogP contribution in [0.2, 0.25) is 0 Å². The van der Waals surface area contributed by atoms with Gasteiger partial charge in [0.15, 0.2) is 11.1 Å². The number of nitrogens with zero attached hydrogens (tertiary/aromatic N) is 4. The highest BCUT2D eigenvalue weighted by molar-refractivity contribution is 7.98. The molecule has 0 saturated heterocycles. The van der Waals surface area contributed by atoms with Crippen LogP contribution in [0.15, 0.2) is 26.4 Å². The summed E-state index contributed by atoms with van der Waals surface area (Å²) in [6.45, 7) is 0.0375. The number of amidine groups is 1. The predicted molar refractivity (Wildman–Crippen MR) is 117 cm³/mol. The molecule has 0 aliphatic carbocycles. The molecule has 0 aromatic carbocycles. The summed E-state index contributed by atoms with van der Waals surface area (Å²) in [5.41, 5.74) is 13.0. The van der Waals surface area contributed by atoms with Gasteiger partial charge in [-0.05, 0) is 6.08 Å². The molecule has 1 unspecified atom stereocenters. The lowest BCUT2D eigenvalue weighted by Gasteiger charge is -2.32. The van der Waals surface area contributed by atoms with Gasteiger partial charge in [-0.3, -0.25) is 5.41 Å². The van der Waals surface area contributed by atoms with E-state index >= 15 is 0 Å². The van der Waals surface area contributed by atoms with Gasteiger partial charge < -0.3 is 31.8 Å². The van der Waals surface area contributed by atoms with Crippen LogP contribution in [0.4, 0.5) is 5.13 Å². The third-order valence-electron chi connectivity index (χ3n) is 3.73. The number of thiazole rings is 1. The zero-order valence-electron chi connectivity index (χ0n) is 16.4. The largest absolute Gasteiger partial charge is 0.545 e. The lowest BCUT2D eigenvalue weighted by Crippen LogP contribution is -2.65. The summed E-state index contributed by atoms with van der Waals surface area (Å²) in [7, 11) is -3.45. The minimum atomic E-state index is -4.50. The number of carbonyl (C=O) groups excluding carboxylic acids is 1. The quantitative estimate of drug-likeness (QED) is 0.0628. The van der Waals surface area contributed by atoms with Crippen molar-refractivity contribution in [1.29, 1.82) is 5.41 Å². The van der Waals surface area contributed by atoms with Gasteiger partial charge in [0.05, 0.1) is 18.2 Å². The molecule has 0 bridgehead atoms. The average Bonchev–Trinajstić information content (AvgIpc) is 3.08. The number of likely N-dealkylation sites (N-methyl/N-ethyl adjacent to an activating group) is 1. The minimum absolute atomic E-state index is 0.0375. The van der Waals surface area contributed by atoms with E-state index in [4.69, 9.17) is 16.9 Å². The molecule has 32 heavy (non-hydrogen) atoms. The Hall–Kier alpha value is -3.06. The van der Waals surface area contributed by atoms with Crippen LogP contribution < -0.4 is 27.3 Å². The zero-order chi connectivity index (χ0) is 24.1. The summed E-state index contributed by atoms with van der Waals surface area (Å²) < 4.78 is 27.2. The van der Waals surface area contributed by atoms with Crippen molar-refractivity contribution in [3.8, 4) is 0 Å². The van der Waals surface area contributed by atoms with E-state index in [1.165, 1.54) is 23.1 Å². The van der Waals surface area contributed by atoms with Crippen LogP contribution >= 0.6 is 23.1 Å². The number of hydrogen-bond acceptors (Lipinski definition) is 12. The fraction of sp³-hybridized carbons (Fsp3) is 0.286. The highest BCUT2D eigenvalue weighted by atomic mass is 32.2. The van der Waals surface area contributed by atoms with Gasteiger partial charge in [-0.1, -0.05) is 8.40 Å². The molecule has 1 aromatic rings. The predicted octanol–water partition coefficient (Wildman–Crippen LogP) is -2.63. The van der Waals surface area contributed by atoms with E-state index in [-0.39, 0.29) is 18.6 Å². The highest BCUT2D eigenvalue weighted by Crippen LogP contribution is 2.23. The molecule has 8 N–H and O–H groups in total. The molecular weight excluding hydrogens is 486 g/mol. The summed E-state index contributed by atoms with van der Waals surface area (Å²) in [6.07, 6.45) is 0.219. The number of quaternary nitrogens is 1. The van der Waals surface area contributed by atoms with E-state index in [1.807, 2.05) is 0 Å². The molecule has 1 aromatic heterocycles. The maximum atomic E-state index is 12.6. The molecule has 1 atom stereocenters. The molecule has 15 nitrogen and oxygen atoms in total. The fourth-order valence-electron chi connectivity index (χ4n) is 2.37. The van der Waals surface area contributed by atoms with Crippen LogP contribution in [0.5, 0.6) is 0 Å². The molecular formula is C14H19N9O6S3. The second kappa shape index (κ2) is 10.0. The number of guanidine groups is 2. The Morgan fingerprint density at radius 1 is 1.47 bits per heavy atom. The topological polar surface area (TPSA) is 249 Å². The number of hydrogen-bond donors (Lipinski definition) is 6.